The predicted molar refractivity (Wildman–Crippen MR) is 155 cm³/mol. The molecule has 1 fully saturated rings. The highest BCUT2D eigenvalue weighted by molar-refractivity contribution is 9.10. The van der Waals surface area contributed by atoms with Crippen LogP contribution >= 0.6 is 27.7 Å². The van der Waals surface area contributed by atoms with Crippen molar-refractivity contribution in [3.05, 3.63) is 22.9 Å². The molecule has 0 bridgehead atoms. The third-order valence-corrected chi connectivity index (χ3v) is 9.24. The van der Waals surface area contributed by atoms with Crippen LogP contribution in [-0.2, 0) is 25.7 Å². The Morgan fingerprint density at radius 1 is 1.19 bits per heavy atom. The largest absolute Gasteiger partial charge is 0.481 e. The zero-order valence-corrected chi connectivity index (χ0v) is 25.4. The fraction of sp³-hybridized carbons (Fsp3) is 0.481. The number of amides is 1. The first kappa shape index (κ1) is 29.9. The number of carbonyl (C=O) groups is 3. The van der Waals surface area contributed by atoms with Crippen LogP contribution in [0.25, 0.3) is 11.2 Å². The molecular formula is C27H31BrN6O7S. The number of rotatable bonds is 11. The predicted octanol–water partition coefficient (Wildman–Crippen LogP) is 3.87. The monoisotopic (exact) mass is 662 g/mol. The number of imidazole rings is 1. The number of aryl methyl sites for hydroxylation is 1. The number of carboxylic acid groups (broad SMARTS) is 1. The fourth-order valence-electron chi connectivity index (χ4n) is 4.99. The molecule has 1 atom stereocenters. The quantitative estimate of drug-likeness (QED) is 0.284. The lowest BCUT2D eigenvalue weighted by molar-refractivity contribution is -0.160. The van der Waals surface area contributed by atoms with Crippen molar-refractivity contribution in [3.63, 3.8) is 0 Å². The van der Waals surface area contributed by atoms with Crippen LogP contribution in [0, 0.1) is 5.92 Å². The minimum Gasteiger partial charge on any atom is -0.481 e. The van der Waals surface area contributed by atoms with Gasteiger partial charge in [0.25, 0.3) is 5.91 Å². The summed E-state index contributed by atoms with van der Waals surface area (Å²) in [5.74, 6) is 0.269. The number of nitrogens with two attached hydrogens (primary N) is 1. The van der Waals surface area contributed by atoms with Crippen LogP contribution in [0.3, 0.4) is 0 Å². The average Bonchev–Trinajstić information content (AvgIpc) is 3.56. The maximum Gasteiger partial charge on any atom is 0.306 e. The number of fused-ring (bicyclic) bond motifs is 2. The Labute approximate surface area is 254 Å². The van der Waals surface area contributed by atoms with Crippen molar-refractivity contribution in [1.82, 2.24) is 24.4 Å². The second-order valence-corrected chi connectivity index (χ2v) is 12.0. The Hall–Kier alpha value is -3.59. The topological polar surface area (TPSA) is 172 Å². The van der Waals surface area contributed by atoms with E-state index in [4.69, 9.17) is 30.0 Å². The van der Waals surface area contributed by atoms with Crippen molar-refractivity contribution < 1.29 is 33.7 Å². The standard InChI is InChI=1S/C27H31BrN6O7S/c1-15(41-22(37)4-2-3-21(35)36)26(38)33-8-5-16(6-9-33)7-10-34-25-23(24(29)30-13-31-25)32-27(34)42-20-12-19-18(11-17(20)28)39-14-40-19/h11-13,15-16H,2-10,14H2,1H3,(H,35,36)(H2,29,30,31)/t15-/m0/s1. The molecule has 5 rings (SSSR count). The van der Waals surface area contributed by atoms with Crippen LogP contribution in [0.1, 0.15) is 45.4 Å². The maximum atomic E-state index is 12.9. The maximum absolute atomic E-state index is 12.9. The number of ether oxygens (including phenoxy) is 3. The number of likely N-dealkylation sites (tertiary alicyclic amines) is 1. The average molecular weight is 664 g/mol. The van der Waals surface area contributed by atoms with Gasteiger partial charge in [-0.15, -0.1) is 0 Å². The molecule has 0 radical (unpaired) electrons. The molecule has 2 aliphatic rings. The zero-order chi connectivity index (χ0) is 29.8. The van der Waals surface area contributed by atoms with E-state index in [-0.39, 0.29) is 32.0 Å². The molecular weight excluding hydrogens is 632 g/mol. The number of aliphatic carboxylic acids is 1. The van der Waals surface area contributed by atoms with Crippen molar-refractivity contribution >= 4 is 62.5 Å². The molecule has 1 aromatic carbocycles. The number of nitrogen functional groups attached to an aromatic ring is 1. The Balaban J connectivity index is 1.19. The summed E-state index contributed by atoms with van der Waals surface area (Å²) < 4.78 is 19.2. The normalized spacial score (nSPS) is 15.6. The Morgan fingerprint density at radius 2 is 1.93 bits per heavy atom. The van der Waals surface area contributed by atoms with E-state index < -0.39 is 18.0 Å². The number of hydrogen-bond donors (Lipinski definition) is 2. The Morgan fingerprint density at radius 3 is 2.67 bits per heavy atom. The molecule has 15 heteroatoms. The van der Waals surface area contributed by atoms with E-state index in [0.717, 1.165) is 33.8 Å². The molecule has 0 unspecified atom stereocenters. The van der Waals surface area contributed by atoms with Gasteiger partial charge in [0, 0.05) is 41.8 Å². The van der Waals surface area contributed by atoms with Crippen LogP contribution in [0.4, 0.5) is 5.82 Å². The molecule has 3 N–H and O–H groups in total. The van der Waals surface area contributed by atoms with Gasteiger partial charge in [-0.2, -0.15) is 0 Å². The lowest BCUT2D eigenvalue weighted by atomic mass is 9.93. The molecule has 0 saturated carbocycles. The summed E-state index contributed by atoms with van der Waals surface area (Å²) in [4.78, 5) is 51.4. The van der Waals surface area contributed by atoms with E-state index >= 15 is 0 Å². The Kier molecular flexibility index (Phi) is 9.36. The number of aromatic nitrogens is 4. The van der Waals surface area contributed by atoms with E-state index in [2.05, 4.69) is 30.5 Å². The van der Waals surface area contributed by atoms with Crippen LogP contribution < -0.4 is 15.2 Å². The van der Waals surface area contributed by atoms with Crippen LogP contribution in [0.5, 0.6) is 11.5 Å². The first-order chi connectivity index (χ1) is 20.2. The third-order valence-electron chi connectivity index (χ3n) is 7.27. The van der Waals surface area contributed by atoms with Gasteiger partial charge in [-0.25, -0.2) is 15.0 Å². The van der Waals surface area contributed by atoms with Gasteiger partial charge < -0.3 is 34.5 Å². The lowest BCUT2D eigenvalue weighted by Gasteiger charge is -2.33. The zero-order valence-electron chi connectivity index (χ0n) is 23.0. The van der Waals surface area contributed by atoms with E-state index in [0.29, 0.717) is 54.0 Å². The van der Waals surface area contributed by atoms with Crippen LogP contribution in [-0.4, -0.2) is 73.4 Å². The Bertz CT molecular complexity index is 1490. The summed E-state index contributed by atoms with van der Waals surface area (Å²) in [6.07, 6.45) is 3.03. The number of esters is 1. The number of carboxylic acids is 1. The minimum absolute atomic E-state index is 0.0304. The second-order valence-electron chi connectivity index (χ2n) is 10.2. The molecule has 2 aromatic heterocycles. The second kappa shape index (κ2) is 13.2. The summed E-state index contributed by atoms with van der Waals surface area (Å²) in [5.41, 5.74) is 7.34. The molecule has 2 aliphatic heterocycles. The molecule has 3 aromatic rings. The minimum atomic E-state index is -0.971. The summed E-state index contributed by atoms with van der Waals surface area (Å²) in [5, 5.41) is 9.44. The highest BCUT2D eigenvalue weighted by atomic mass is 79.9. The smallest absolute Gasteiger partial charge is 0.306 e. The van der Waals surface area contributed by atoms with Crippen LogP contribution in [0.2, 0.25) is 0 Å². The molecule has 224 valence electrons. The van der Waals surface area contributed by atoms with E-state index in [1.54, 1.807) is 11.8 Å². The van der Waals surface area contributed by atoms with Crippen LogP contribution in [0.15, 0.2) is 33.0 Å². The van der Waals surface area contributed by atoms with E-state index in [1.165, 1.54) is 18.1 Å². The number of halogens is 1. The van der Waals surface area contributed by atoms with Crippen molar-refractivity contribution in [2.75, 3.05) is 25.6 Å². The first-order valence-corrected chi connectivity index (χ1v) is 15.2. The molecule has 42 heavy (non-hydrogen) atoms. The molecule has 0 aliphatic carbocycles. The summed E-state index contributed by atoms with van der Waals surface area (Å²) in [6, 6.07) is 3.79. The van der Waals surface area contributed by atoms with Crippen molar-refractivity contribution in [2.24, 2.45) is 5.92 Å². The van der Waals surface area contributed by atoms with Gasteiger partial charge in [0.2, 0.25) is 6.79 Å². The third kappa shape index (κ3) is 6.89. The van der Waals surface area contributed by atoms with Gasteiger partial charge in [0.15, 0.2) is 39.7 Å². The van der Waals surface area contributed by atoms with Gasteiger partial charge in [-0.1, -0.05) is 11.8 Å². The number of carbonyl (C=O) groups excluding carboxylic acids is 2. The SMILES string of the molecule is C[C@H](OC(=O)CCCC(=O)O)C(=O)N1CCC(CCn2c(Sc3cc4c(cc3Br)OCO4)nc3c(N)ncnc32)CC1. The van der Waals surface area contributed by atoms with Gasteiger partial charge in [-0.05, 0) is 66.6 Å². The molecule has 0 spiro atoms. The molecule has 13 nitrogen and oxygen atoms in total. The highest BCUT2D eigenvalue weighted by Crippen LogP contribution is 2.43. The van der Waals surface area contributed by atoms with Crippen molar-refractivity contribution in [3.8, 4) is 11.5 Å². The number of benzene rings is 1. The lowest BCUT2D eigenvalue weighted by Crippen LogP contribution is -2.44. The number of anilines is 1. The molecule has 4 heterocycles. The summed E-state index contributed by atoms with van der Waals surface area (Å²) >= 11 is 5.09. The molecule has 1 saturated heterocycles. The highest BCUT2D eigenvalue weighted by Gasteiger charge is 2.29. The van der Waals surface area contributed by atoms with Crippen molar-refractivity contribution in [2.45, 2.75) is 68.1 Å². The van der Waals surface area contributed by atoms with E-state index in [1.807, 2.05) is 12.1 Å². The van der Waals surface area contributed by atoms with Gasteiger partial charge in [-0.3, -0.25) is 14.4 Å². The summed E-state index contributed by atoms with van der Waals surface area (Å²) in [6.45, 7) is 3.52. The molecule has 1 amide bonds. The van der Waals surface area contributed by atoms with Gasteiger partial charge >= 0.3 is 11.9 Å². The number of nitrogens with zero attached hydrogens (tertiary/aromatic N) is 5. The summed E-state index contributed by atoms with van der Waals surface area (Å²) in [7, 11) is 0. The number of piperidine rings is 1. The van der Waals surface area contributed by atoms with Gasteiger partial charge in [0.1, 0.15) is 6.33 Å². The van der Waals surface area contributed by atoms with Crippen molar-refractivity contribution in [1.29, 1.82) is 0 Å². The fourth-order valence-corrected chi connectivity index (χ4v) is 6.50. The van der Waals surface area contributed by atoms with Gasteiger partial charge in [0.05, 0.1) is 0 Å². The van der Waals surface area contributed by atoms with E-state index in [9.17, 15) is 14.4 Å². The first-order valence-electron chi connectivity index (χ1n) is 13.6. The number of hydrogen-bond acceptors (Lipinski definition) is 11.